The molecule has 2 nitrogen and oxygen atoms in total. The van der Waals surface area contributed by atoms with E-state index in [9.17, 15) is 0 Å². The predicted molar refractivity (Wildman–Crippen MR) is 87.9 cm³/mol. The van der Waals surface area contributed by atoms with Crippen molar-refractivity contribution < 1.29 is 4.74 Å². The van der Waals surface area contributed by atoms with E-state index in [0.717, 1.165) is 48.7 Å². The minimum absolute atomic E-state index is 0.238. The third-order valence-electron chi connectivity index (χ3n) is 3.25. The standard InChI is InChI=1S/C17H28ClNO/c1-5-15-11-16(8-9-17(15)18)20-14(4)7-6-10-19-12-13(2)3/h8-9,11,13-14,19H,5-7,10,12H2,1-4H3. The number of rotatable bonds is 9. The summed E-state index contributed by atoms with van der Waals surface area (Å²) in [7, 11) is 0. The zero-order valence-electron chi connectivity index (χ0n) is 13.2. The zero-order valence-corrected chi connectivity index (χ0v) is 14.0. The van der Waals surface area contributed by atoms with Crippen LogP contribution >= 0.6 is 11.6 Å². The molecule has 1 rings (SSSR count). The van der Waals surface area contributed by atoms with Crippen molar-refractivity contribution in [3.05, 3.63) is 28.8 Å². The van der Waals surface area contributed by atoms with Gasteiger partial charge in [-0.3, -0.25) is 0 Å². The lowest BCUT2D eigenvalue weighted by atomic mass is 10.1. The highest BCUT2D eigenvalue weighted by Gasteiger charge is 2.06. The lowest BCUT2D eigenvalue weighted by molar-refractivity contribution is 0.207. The fourth-order valence-corrected chi connectivity index (χ4v) is 2.34. The van der Waals surface area contributed by atoms with Crippen LogP contribution in [0.5, 0.6) is 5.75 Å². The molecule has 0 heterocycles. The van der Waals surface area contributed by atoms with Gasteiger partial charge in [-0.25, -0.2) is 0 Å². The molecule has 3 heteroatoms. The summed E-state index contributed by atoms with van der Waals surface area (Å²) in [5, 5.41) is 4.28. The number of halogens is 1. The van der Waals surface area contributed by atoms with E-state index in [-0.39, 0.29) is 6.10 Å². The first kappa shape index (κ1) is 17.3. The van der Waals surface area contributed by atoms with Crippen LogP contribution in [0.1, 0.15) is 46.1 Å². The van der Waals surface area contributed by atoms with E-state index < -0.39 is 0 Å². The number of nitrogens with one attached hydrogen (secondary N) is 1. The average Bonchev–Trinajstić information content (AvgIpc) is 2.40. The third-order valence-corrected chi connectivity index (χ3v) is 3.62. The Bertz CT molecular complexity index is 393. The Morgan fingerprint density at radius 3 is 2.65 bits per heavy atom. The van der Waals surface area contributed by atoms with Crippen molar-refractivity contribution in [2.75, 3.05) is 13.1 Å². The second-order valence-corrected chi connectivity index (χ2v) is 6.18. The molecular formula is C17H28ClNO. The Labute approximate surface area is 128 Å². The minimum atomic E-state index is 0.238. The summed E-state index contributed by atoms with van der Waals surface area (Å²) < 4.78 is 5.95. The van der Waals surface area contributed by atoms with Crippen LogP contribution in [0.15, 0.2) is 18.2 Å². The zero-order chi connectivity index (χ0) is 15.0. The minimum Gasteiger partial charge on any atom is -0.491 e. The molecule has 0 saturated carbocycles. The normalized spacial score (nSPS) is 12.7. The Morgan fingerprint density at radius 1 is 1.25 bits per heavy atom. The van der Waals surface area contributed by atoms with Crippen LogP contribution in [-0.4, -0.2) is 19.2 Å². The van der Waals surface area contributed by atoms with Crippen LogP contribution in [0.3, 0.4) is 0 Å². The van der Waals surface area contributed by atoms with Crippen LogP contribution in [-0.2, 0) is 6.42 Å². The van der Waals surface area contributed by atoms with Gasteiger partial charge in [-0.05, 0) is 69.0 Å². The molecule has 114 valence electrons. The molecule has 0 fully saturated rings. The van der Waals surface area contributed by atoms with Gasteiger partial charge >= 0.3 is 0 Å². The molecule has 20 heavy (non-hydrogen) atoms. The number of aryl methyl sites for hydroxylation is 1. The average molecular weight is 298 g/mol. The summed E-state index contributed by atoms with van der Waals surface area (Å²) >= 11 is 6.11. The second kappa shape index (κ2) is 9.25. The molecule has 0 bridgehead atoms. The molecule has 1 aromatic carbocycles. The highest BCUT2D eigenvalue weighted by molar-refractivity contribution is 6.31. The van der Waals surface area contributed by atoms with Crippen molar-refractivity contribution in [2.45, 2.75) is 53.1 Å². The molecule has 1 aromatic rings. The van der Waals surface area contributed by atoms with Gasteiger partial charge in [0, 0.05) is 5.02 Å². The van der Waals surface area contributed by atoms with Crippen LogP contribution in [0.25, 0.3) is 0 Å². The van der Waals surface area contributed by atoms with E-state index in [1.54, 1.807) is 0 Å². The van der Waals surface area contributed by atoms with Gasteiger partial charge in [-0.1, -0.05) is 32.4 Å². The van der Waals surface area contributed by atoms with Crippen LogP contribution in [0, 0.1) is 5.92 Å². The van der Waals surface area contributed by atoms with Gasteiger partial charge in [0.05, 0.1) is 6.10 Å². The van der Waals surface area contributed by atoms with Gasteiger partial charge in [-0.2, -0.15) is 0 Å². The van der Waals surface area contributed by atoms with E-state index in [1.165, 1.54) is 0 Å². The van der Waals surface area contributed by atoms with Gasteiger partial charge in [0.15, 0.2) is 0 Å². The van der Waals surface area contributed by atoms with Gasteiger partial charge in [0.1, 0.15) is 5.75 Å². The van der Waals surface area contributed by atoms with E-state index in [0.29, 0.717) is 5.92 Å². The molecule has 0 aliphatic rings. The summed E-state index contributed by atoms with van der Waals surface area (Å²) in [6, 6.07) is 5.93. The van der Waals surface area contributed by atoms with Crippen molar-refractivity contribution in [3.63, 3.8) is 0 Å². The third kappa shape index (κ3) is 6.62. The molecule has 0 aliphatic carbocycles. The van der Waals surface area contributed by atoms with Gasteiger partial charge in [-0.15, -0.1) is 0 Å². The molecule has 0 aromatic heterocycles. The fraction of sp³-hybridized carbons (Fsp3) is 0.647. The van der Waals surface area contributed by atoms with Crippen molar-refractivity contribution >= 4 is 11.6 Å². The summed E-state index contributed by atoms with van der Waals surface area (Å²) in [6.07, 6.45) is 3.38. The molecule has 1 atom stereocenters. The number of hydrogen-bond donors (Lipinski definition) is 1. The van der Waals surface area contributed by atoms with Crippen molar-refractivity contribution in [2.24, 2.45) is 5.92 Å². The van der Waals surface area contributed by atoms with Crippen LogP contribution in [0.4, 0.5) is 0 Å². The maximum atomic E-state index is 6.11. The Hall–Kier alpha value is -0.730. The van der Waals surface area contributed by atoms with Crippen molar-refractivity contribution in [1.82, 2.24) is 5.32 Å². The molecule has 0 saturated heterocycles. The predicted octanol–water partition coefficient (Wildman–Crippen LogP) is 4.70. The van der Waals surface area contributed by atoms with Crippen molar-refractivity contribution in [1.29, 1.82) is 0 Å². The van der Waals surface area contributed by atoms with Gasteiger partial charge in [0.25, 0.3) is 0 Å². The fourth-order valence-electron chi connectivity index (χ4n) is 2.09. The maximum absolute atomic E-state index is 6.11. The monoisotopic (exact) mass is 297 g/mol. The summed E-state index contributed by atoms with van der Waals surface area (Å²) in [6.45, 7) is 10.8. The highest BCUT2D eigenvalue weighted by Crippen LogP contribution is 2.23. The molecule has 0 amide bonds. The topological polar surface area (TPSA) is 21.3 Å². The molecule has 1 unspecified atom stereocenters. The largest absolute Gasteiger partial charge is 0.491 e. The number of benzene rings is 1. The number of hydrogen-bond acceptors (Lipinski definition) is 2. The molecular weight excluding hydrogens is 270 g/mol. The SMILES string of the molecule is CCc1cc(OC(C)CCCNCC(C)C)ccc1Cl. The number of ether oxygens (including phenoxy) is 1. The Balaban J connectivity index is 2.29. The highest BCUT2D eigenvalue weighted by atomic mass is 35.5. The summed E-state index contributed by atoms with van der Waals surface area (Å²) in [5.74, 6) is 1.64. The van der Waals surface area contributed by atoms with Crippen molar-refractivity contribution in [3.8, 4) is 5.75 Å². The van der Waals surface area contributed by atoms with E-state index >= 15 is 0 Å². The van der Waals surface area contributed by atoms with E-state index in [2.05, 4.69) is 39.1 Å². The molecule has 1 N–H and O–H groups in total. The lowest BCUT2D eigenvalue weighted by Gasteiger charge is -2.16. The Morgan fingerprint density at radius 2 is 2.00 bits per heavy atom. The quantitative estimate of drug-likeness (QED) is 0.667. The van der Waals surface area contributed by atoms with Crippen LogP contribution in [0.2, 0.25) is 5.02 Å². The molecule has 0 spiro atoms. The first-order valence-electron chi connectivity index (χ1n) is 7.68. The first-order valence-corrected chi connectivity index (χ1v) is 8.06. The van der Waals surface area contributed by atoms with Crippen LogP contribution < -0.4 is 10.1 Å². The molecule has 0 radical (unpaired) electrons. The first-order chi connectivity index (χ1) is 9.52. The summed E-state index contributed by atoms with van der Waals surface area (Å²) in [5.41, 5.74) is 1.15. The van der Waals surface area contributed by atoms with Gasteiger partial charge < -0.3 is 10.1 Å². The van der Waals surface area contributed by atoms with E-state index in [1.807, 2.05) is 12.1 Å². The molecule has 0 aliphatic heterocycles. The summed E-state index contributed by atoms with van der Waals surface area (Å²) in [4.78, 5) is 0. The van der Waals surface area contributed by atoms with E-state index in [4.69, 9.17) is 16.3 Å². The maximum Gasteiger partial charge on any atom is 0.120 e. The smallest absolute Gasteiger partial charge is 0.120 e. The Kier molecular flexibility index (Phi) is 8.01. The second-order valence-electron chi connectivity index (χ2n) is 5.78. The lowest BCUT2D eigenvalue weighted by Crippen LogP contribution is -2.22. The van der Waals surface area contributed by atoms with Gasteiger partial charge in [0.2, 0.25) is 0 Å².